The van der Waals surface area contributed by atoms with Crippen LogP contribution in [0.15, 0.2) is 0 Å². The van der Waals surface area contributed by atoms with Crippen molar-refractivity contribution < 1.29 is 13.5 Å². The molecule has 0 unspecified atom stereocenters. The molecule has 1 rings (SSSR count). The predicted molar refractivity (Wildman–Crippen MR) is 46.3 cm³/mol. The third-order valence-corrected chi connectivity index (χ3v) is 3.97. The maximum atomic E-state index is 11.4. The molecule has 1 atom stereocenters. The summed E-state index contributed by atoms with van der Waals surface area (Å²) in [5.74, 6) is -0.146. The molecule has 72 valence electrons. The average molecular weight is 193 g/mol. The van der Waals surface area contributed by atoms with E-state index in [9.17, 15) is 8.42 Å². The van der Waals surface area contributed by atoms with Crippen LogP contribution in [0.4, 0.5) is 0 Å². The number of nitrogens with zero attached hydrogens (tertiary/aromatic N) is 1. The van der Waals surface area contributed by atoms with Crippen LogP contribution in [0, 0.1) is 0 Å². The van der Waals surface area contributed by atoms with Gasteiger partial charge in [-0.3, -0.25) is 0 Å². The molecule has 0 aliphatic carbocycles. The maximum Gasteiger partial charge on any atom is 0.216 e. The number of hydrogen-bond acceptors (Lipinski definition) is 3. The highest BCUT2D eigenvalue weighted by Gasteiger charge is 2.26. The maximum absolute atomic E-state index is 11.4. The molecular formula is C7H15NO3S. The van der Waals surface area contributed by atoms with E-state index in [2.05, 4.69) is 0 Å². The van der Waals surface area contributed by atoms with E-state index in [1.807, 2.05) is 0 Å². The minimum Gasteiger partial charge on any atom is -0.392 e. The second kappa shape index (κ2) is 3.72. The zero-order valence-corrected chi connectivity index (χ0v) is 8.05. The Kier molecular flexibility index (Phi) is 3.09. The first kappa shape index (κ1) is 9.95. The molecule has 5 heteroatoms. The van der Waals surface area contributed by atoms with E-state index in [4.69, 9.17) is 5.11 Å². The van der Waals surface area contributed by atoms with Crippen molar-refractivity contribution in [3.05, 3.63) is 0 Å². The molecule has 0 aromatic rings. The monoisotopic (exact) mass is 193 g/mol. The van der Waals surface area contributed by atoms with Crippen LogP contribution in [-0.4, -0.2) is 42.8 Å². The lowest BCUT2D eigenvalue weighted by atomic mass is 10.4. The Labute approximate surface area is 73.2 Å². The van der Waals surface area contributed by atoms with Crippen LogP contribution in [0.25, 0.3) is 0 Å². The fourth-order valence-corrected chi connectivity index (χ4v) is 3.01. The van der Waals surface area contributed by atoms with E-state index in [1.165, 1.54) is 11.2 Å². The largest absolute Gasteiger partial charge is 0.392 e. The fourth-order valence-electron chi connectivity index (χ4n) is 1.38. The number of sulfonamides is 1. The Hall–Kier alpha value is -0.130. The molecule has 4 nitrogen and oxygen atoms in total. The molecule has 0 spiro atoms. The molecule has 12 heavy (non-hydrogen) atoms. The molecule has 0 radical (unpaired) electrons. The molecule has 1 fully saturated rings. The Morgan fingerprint density at radius 3 is 2.33 bits per heavy atom. The molecule has 0 saturated carbocycles. The van der Waals surface area contributed by atoms with Gasteiger partial charge >= 0.3 is 0 Å². The van der Waals surface area contributed by atoms with Gasteiger partial charge in [-0.15, -0.1) is 0 Å². The summed E-state index contributed by atoms with van der Waals surface area (Å²) in [4.78, 5) is 0. The van der Waals surface area contributed by atoms with Gasteiger partial charge in [0.1, 0.15) is 0 Å². The highest BCUT2D eigenvalue weighted by Crippen LogP contribution is 2.13. The van der Waals surface area contributed by atoms with Crippen molar-refractivity contribution >= 4 is 10.0 Å². The van der Waals surface area contributed by atoms with Gasteiger partial charge in [0.15, 0.2) is 0 Å². The summed E-state index contributed by atoms with van der Waals surface area (Å²) in [6, 6.07) is 0. The van der Waals surface area contributed by atoms with Gasteiger partial charge in [-0.1, -0.05) is 0 Å². The Morgan fingerprint density at radius 1 is 1.42 bits per heavy atom. The topological polar surface area (TPSA) is 57.6 Å². The van der Waals surface area contributed by atoms with Gasteiger partial charge in [0, 0.05) is 13.1 Å². The molecule has 1 heterocycles. The van der Waals surface area contributed by atoms with Crippen molar-refractivity contribution in [2.24, 2.45) is 0 Å². The number of rotatable bonds is 3. The molecule has 0 aromatic carbocycles. The summed E-state index contributed by atoms with van der Waals surface area (Å²) in [7, 11) is -3.18. The second-order valence-electron chi connectivity index (χ2n) is 3.23. The van der Waals surface area contributed by atoms with Crippen LogP contribution < -0.4 is 0 Å². The van der Waals surface area contributed by atoms with Crippen LogP contribution in [0.1, 0.15) is 19.8 Å². The van der Waals surface area contributed by atoms with E-state index in [0.29, 0.717) is 13.1 Å². The number of aliphatic hydroxyl groups is 1. The summed E-state index contributed by atoms with van der Waals surface area (Å²) in [5, 5.41) is 8.94. The van der Waals surface area contributed by atoms with Crippen molar-refractivity contribution in [1.29, 1.82) is 0 Å². The van der Waals surface area contributed by atoms with Gasteiger partial charge in [0.2, 0.25) is 10.0 Å². The van der Waals surface area contributed by atoms with Gasteiger partial charge in [0.25, 0.3) is 0 Å². The predicted octanol–water partition coefficient (Wildman–Crippen LogP) is -0.207. The third kappa shape index (κ3) is 2.43. The lowest BCUT2D eigenvalue weighted by molar-refractivity contribution is 0.216. The zero-order chi connectivity index (χ0) is 9.19. The Balaban J connectivity index is 2.58. The van der Waals surface area contributed by atoms with E-state index in [1.54, 1.807) is 0 Å². The first-order valence-electron chi connectivity index (χ1n) is 4.18. The molecule has 0 amide bonds. The van der Waals surface area contributed by atoms with Crippen LogP contribution >= 0.6 is 0 Å². The lowest BCUT2D eigenvalue weighted by Gasteiger charge is -2.16. The standard InChI is InChI=1S/C7H15NO3S/c1-7(9)6-12(10,11)8-4-2-3-5-8/h7,9H,2-6H2,1H3/t7-/m1/s1. The van der Waals surface area contributed by atoms with Crippen molar-refractivity contribution in [2.45, 2.75) is 25.9 Å². The molecule has 1 N–H and O–H groups in total. The van der Waals surface area contributed by atoms with Crippen LogP contribution in [0.3, 0.4) is 0 Å². The summed E-state index contributed by atoms with van der Waals surface area (Å²) < 4.78 is 24.3. The molecule has 1 aliphatic rings. The summed E-state index contributed by atoms with van der Waals surface area (Å²) >= 11 is 0. The van der Waals surface area contributed by atoms with Crippen molar-refractivity contribution in [2.75, 3.05) is 18.8 Å². The van der Waals surface area contributed by atoms with Crippen molar-refractivity contribution in [3.63, 3.8) is 0 Å². The highest BCUT2D eigenvalue weighted by atomic mass is 32.2. The normalized spacial score (nSPS) is 22.8. The summed E-state index contributed by atoms with van der Waals surface area (Å²) in [6.45, 7) is 2.73. The average Bonchev–Trinajstić information content (AvgIpc) is 2.32. The molecule has 0 aromatic heterocycles. The third-order valence-electron chi connectivity index (χ3n) is 1.91. The summed E-state index contributed by atoms with van der Waals surface area (Å²) in [6.07, 6.45) is 1.12. The lowest BCUT2D eigenvalue weighted by Crippen LogP contribution is -2.33. The van der Waals surface area contributed by atoms with Crippen LogP contribution in [0.2, 0.25) is 0 Å². The first-order valence-corrected chi connectivity index (χ1v) is 5.79. The van der Waals surface area contributed by atoms with Crippen molar-refractivity contribution in [1.82, 2.24) is 4.31 Å². The fraction of sp³-hybridized carbons (Fsp3) is 1.00. The molecule has 0 bridgehead atoms. The van der Waals surface area contributed by atoms with E-state index in [-0.39, 0.29) is 5.75 Å². The molecular weight excluding hydrogens is 178 g/mol. The van der Waals surface area contributed by atoms with E-state index < -0.39 is 16.1 Å². The van der Waals surface area contributed by atoms with E-state index in [0.717, 1.165) is 12.8 Å². The van der Waals surface area contributed by atoms with Crippen LogP contribution in [-0.2, 0) is 10.0 Å². The molecule has 1 saturated heterocycles. The Bertz CT molecular complexity index is 229. The Morgan fingerprint density at radius 2 is 1.92 bits per heavy atom. The second-order valence-corrected chi connectivity index (χ2v) is 5.25. The minimum atomic E-state index is -3.18. The van der Waals surface area contributed by atoms with E-state index >= 15 is 0 Å². The zero-order valence-electron chi connectivity index (χ0n) is 7.23. The van der Waals surface area contributed by atoms with Crippen LogP contribution in [0.5, 0.6) is 0 Å². The quantitative estimate of drug-likeness (QED) is 0.675. The van der Waals surface area contributed by atoms with Gasteiger partial charge in [-0.25, -0.2) is 12.7 Å². The van der Waals surface area contributed by atoms with Gasteiger partial charge in [-0.2, -0.15) is 0 Å². The minimum absolute atomic E-state index is 0.146. The van der Waals surface area contributed by atoms with Gasteiger partial charge < -0.3 is 5.11 Å². The number of hydrogen-bond donors (Lipinski definition) is 1. The highest BCUT2D eigenvalue weighted by molar-refractivity contribution is 7.89. The smallest absolute Gasteiger partial charge is 0.216 e. The molecule has 1 aliphatic heterocycles. The van der Waals surface area contributed by atoms with Crippen molar-refractivity contribution in [3.8, 4) is 0 Å². The SMILES string of the molecule is C[C@@H](O)CS(=O)(=O)N1CCCC1. The first-order chi connectivity index (χ1) is 5.52. The van der Waals surface area contributed by atoms with Gasteiger partial charge in [0.05, 0.1) is 11.9 Å². The number of aliphatic hydroxyl groups excluding tert-OH is 1. The summed E-state index contributed by atoms with van der Waals surface area (Å²) in [5.41, 5.74) is 0. The van der Waals surface area contributed by atoms with Gasteiger partial charge in [-0.05, 0) is 19.8 Å².